The molecule has 0 bridgehead atoms. The number of hydrogen-bond donors (Lipinski definition) is 2. The molecule has 2 amide bonds. The van der Waals surface area contributed by atoms with Crippen molar-refractivity contribution in [2.75, 3.05) is 6.67 Å². The third-order valence-electron chi connectivity index (χ3n) is 4.05. The molecule has 2 rings (SSSR count). The number of carbonyl (C=O) groups is 2. The highest BCUT2D eigenvalue weighted by atomic mass is 16.2. The zero-order valence-electron chi connectivity index (χ0n) is 13.1. The van der Waals surface area contributed by atoms with Gasteiger partial charge in [0.15, 0.2) is 0 Å². The first-order chi connectivity index (χ1) is 10.3. The maximum Gasteiger partial charge on any atom is 0.239 e. The van der Waals surface area contributed by atoms with E-state index >= 15 is 0 Å². The van der Waals surface area contributed by atoms with Crippen molar-refractivity contribution in [2.45, 2.75) is 32.9 Å². The number of hydrogen-bond acceptors (Lipinski definition) is 4. The Bertz CT molecular complexity index is 609. The number of primary amides is 2. The van der Waals surface area contributed by atoms with E-state index in [4.69, 9.17) is 11.5 Å². The summed E-state index contributed by atoms with van der Waals surface area (Å²) in [7, 11) is 0. The minimum Gasteiger partial charge on any atom is -0.368 e. The van der Waals surface area contributed by atoms with E-state index in [1.165, 1.54) is 0 Å². The second-order valence-electron chi connectivity index (χ2n) is 5.66. The molecule has 0 spiro atoms. The lowest BCUT2D eigenvalue weighted by molar-refractivity contribution is -0.122. The Kier molecular flexibility index (Phi) is 4.40. The topological polar surface area (TPSA) is 92.7 Å². The maximum absolute atomic E-state index is 11.6. The summed E-state index contributed by atoms with van der Waals surface area (Å²) in [5.74, 6) is -0.820. The van der Waals surface area contributed by atoms with Gasteiger partial charge >= 0.3 is 0 Å². The van der Waals surface area contributed by atoms with Crippen molar-refractivity contribution in [3.63, 3.8) is 0 Å². The second kappa shape index (κ2) is 6.09. The largest absolute Gasteiger partial charge is 0.368 e. The molecule has 0 aromatic heterocycles. The third kappa shape index (κ3) is 3.05. The summed E-state index contributed by atoms with van der Waals surface area (Å²) < 4.78 is 0. The summed E-state index contributed by atoms with van der Waals surface area (Å²) in [6.45, 7) is 5.91. The number of aryl methyl sites for hydroxylation is 1. The highest BCUT2D eigenvalue weighted by Crippen LogP contribution is 2.29. The lowest BCUT2D eigenvalue weighted by Gasteiger charge is -2.29. The van der Waals surface area contributed by atoms with Crippen molar-refractivity contribution in [1.29, 1.82) is 0 Å². The van der Waals surface area contributed by atoms with Crippen LogP contribution in [0.5, 0.6) is 0 Å². The van der Waals surface area contributed by atoms with E-state index in [9.17, 15) is 9.59 Å². The number of carbonyl (C=O) groups excluding carboxylic acids is 2. The molecule has 2 unspecified atom stereocenters. The molecule has 0 saturated heterocycles. The van der Waals surface area contributed by atoms with Crippen molar-refractivity contribution in [3.05, 3.63) is 41.6 Å². The van der Waals surface area contributed by atoms with Crippen LogP contribution in [0, 0.1) is 6.92 Å². The van der Waals surface area contributed by atoms with Crippen LogP contribution in [0.25, 0.3) is 5.70 Å². The van der Waals surface area contributed by atoms with Crippen molar-refractivity contribution >= 4 is 17.5 Å². The predicted molar refractivity (Wildman–Crippen MR) is 85.0 cm³/mol. The first-order valence-electron chi connectivity index (χ1n) is 7.21. The minimum absolute atomic E-state index is 0.400. The summed E-state index contributed by atoms with van der Waals surface area (Å²) in [6.07, 6.45) is 1.86. The van der Waals surface area contributed by atoms with Gasteiger partial charge in [-0.3, -0.25) is 9.59 Å². The first-order valence-corrected chi connectivity index (χ1v) is 7.21. The van der Waals surface area contributed by atoms with Crippen molar-refractivity contribution < 1.29 is 9.59 Å². The average Bonchev–Trinajstić information content (AvgIpc) is 2.91. The molecule has 0 aliphatic carbocycles. The fraction of sp³-hybridized carbons (Fsp3) is 0.375. The normalized spacial score (nSPS) is 17.1. The van der Waals surface area contributed by atoms with Gasteiger partial charge in [0.05, 0.1) is 12.4 Å². The van der Waals surface area contributed by atoms with E-state index in [2.05, 4.69) is 0 Å². The van der Waals surface area contributed by atoms with Gasteiger partial charge in [0.1, 0.15) is 12.1 Å². The fourth-order valence-electron chi connectivity index (χ4n) is 2.37. The monoisotopic (exact) mass is 302 g/mol. The lowest BCUT2D eigenvalue weighted by atomic mass is 10.1. The van der Waals surface area contributed by atoms with Crippen LogP contribution in [-0.4, -0.2) is 40.4 Å². The molecule has 0 saturated carbocycles. The van der Waals surface area contributed by atoms with Gasteiger partial charge in [-0.25, -0.2) is 0 Å². The summed E-state index contributed by atoms with van der Waals surface area (Å²) in [5, 5.41) is 0. The number of nitrogens with zero attached hydrogens (tertiary/aromatic N) is 2. The molecule has 1 aromatic rings. The lowest BCUT2D eigenvalue weighted by Crippen LogP contribution is -2.46. The quantitative estimate of drug-likeness (QED) is 0.833. The van der Waals surface area contributed by atoms with Gasteiger partial charge in [0.25, 0.3) is 0 Å². The van der Waals surface area contributed by atoms with Crippen LogP contribution in [0.2, 0.25) is 0 Å². The Morgan fingerprint density at radius 3 is 2.09 bits per heavy atom. The Balaban J connectivity index is 2.38. The van der Waals surface area contributed by atoms with E-state index in [1.54, 1.807) is 13.8 Å². The number of benzene rings is 1. The van der Waals surface area contributed by atoms with Gasteiger partial charge < -0.3 is 21.3 Å². The standard InChI is InChI=1S/C16H22N4O2/c1-10-4-6-13(7-5-10)14-8-19(11(2)15(17)21)9-20(14)12(3)16(18)22/h4-8,11-12H,9H2,1-3H3,(H2,17,21)(H2,18,22). The van der Waals surface area contributed by atoms with Gasteiger partial charge in [-0.15, -0.1) is 0 Å². The SMILES string of the molecule is Cc1ccc(C2=CN(C(C)C(N)=O)CN2C(C)C(N)=O)cc1. The van der Waals surface area contributed by atoms with Gasteiger partial charge in [0, 0.05) is 6.20 Å². The Morgan fingerprint density at radius 2 is 1.59 bits per heavy atom. The zero-order valence-corrected chi connectivity index (χ0v) is 13.1. The molecule has 1 aliphatic heterocycles. The van der Waals surface area contributed by atoms with Gasteiger partial charge in [0.2, 0.25) is 11.8 Å². The van der Waals surface area contributed by atoms with Crippen molar-refractivity contribution in [1.82, 2.24) is 9.80 Å². The van der Waals surface area contributed by atoms with Crippen LogP contribution in [-0.2, 0) is 9.59 Å². The predicted octanol–water partition coefficient (Wildman–Crippen LogP) is 0.616. The zero-order chi connectivity index (χ0) is 16.4. The van der Waals surface area contributed by atoms with Crippen molar-refractivity contribution in [2.24, 2.45) is 11.5 Å². The summed E-state index contributed by atoms with van der Waals surface area (Å²) in [6, 6.07) is 7.05. The summed E-state index contributed by atoms with van der Waals surface area (Å²) in [4.78, 5) is 26.7. The minimum atomic E-state index is -0.474. The Labute approximate surface area is 130 Å². The van der Waals surface area contributed by atoms with Crippen LogP contribution in [0.3, 0.4) is 0 Å². The molecule has 1 aliphatic rings. The molecule has 6 heteroatoms. The first kappa shape index (κ1) is 15.9. The van der Waals surface area contributed by atoms with Crippen LogP contribution in [0.15, 0.2) is 30.5 Å². The smallest absolute Gasteiger partial charge is 0.239 e. The fourth-order valence-corrected chi connectivity index (χ4v) is 2.37. The molecular formula is C16H22N4O2. The molecule has 6 nitrogen and oxygen atoms in total. The average molecular weight is 302 g/mol. The molecule has 1 heterocycles. The summed E-state index contributed by atoms with van der Waals surface area (Å²) in [5.41, 5.74) is 13.8. The molecule has 4 N–H and O–H groups in total. The Hall–Kier alpha value is -2.50. The van der Waals surface area contributed by atoms with Crippen LogP contribution in [0.1, 0.15) is 25.0 Å². The van der Waals surface area contributed by atoms with Crippen LogP contribution >= 0.6 is 0 Å². The summed E-state index contributed by atoms with van der Waals surface area (Å²) >= 11 is 0. The molecular weight excluding hydrogens is 280 g/mol. The second-order valence-corrected chi connectivity index (χ2v) is 5.66. The van der Waals surface area contributed by atoms with Gasteiger partial charge in [-0.05, 0) is 26.3 Å². The molecule has 1 aromatic carbocycles. The van der Waals surface area contributed by atoms with Gasteiger partial charge in [-0.1, -0.05) is 29.8 Å². The molecule has 118 valence electrons. The maximum atomic E-state index is 11.6. The number of rotatable bonds is 5. The van der Waals surface area contributed by atoms with E-state index in [0.29, 0.717) is 6.67 Å². The Morgan fingerprint density at radius 1 is 1.05 bits per heavy atom. The van der Waals surface area contributed by atoms with E-state index in [-0.39, 0.29) is 0 Å². The van der Waals surface area contributed by atoms with Crippen LogP contribution in [0.4, 0.5) is 0 Å². The molecule has 22 heavy (non-hydrogen) atoms. The number of nitrogens with two attached hydrogens (primary N) is 2. The molecule has 2 atom stereocenters. The van der Waals surface area contributed by atoms with Gasteiger partial charge in [-0.2, -0.15) is 0 Å². The van der Waals surface area contributed by atoms with E-state index in [0.717, 1.165) is 16.8 Å². The molecule has 0 radical (unpaired) electrons. The van der Waals surface area contributed by atoms with E-state index in [1.807, 2.05) is 47.2 Å². The van der Waals surface area contributed by atoms with Crippen molar-refractivity contribution in [3.8, 4) is 0 Å². The van der Waals surface area contributed by atoms with Crippen LogP contribution < -0.4 is 11.5 Å². The third-order valence-corrected chi connectivity index (χ3v) is 4.05. The molecule has 0 fully saturated rings. The van der Waals surface area contributed by atoms with E-state index < -0.39 is 23.9 Å². The number of amides is 2. The highest BCUT2D eigenvalue weighted by molar-refractivity contribution is 5.83. The highest BCUT2D eigenvalue weighted by Gasteiger charge is 2.32.